The summed E-state index contributed by atoms with van der Waals surface area (Å²) in [6.45, 7) is 3.72. The molecule has 1 saturated carbocycles. The molecule has 8 heteroatoms. The van der Waals surface area contributed by atoms with Crippen molar-refractivity contribution in [3.05, 3.63) is 59.8 Å². The Labute approximate surface area is 197 Å². The molecule has 0 bridgehead atoms. The van der Waals surface area contributed by atoms with Crippen LogP contribution >= 0.6 is 0 Å². The predicted molar refractivity (Wildman–Crippen MR) is 125 cm³/mol. The minimum Gasteiger partial charge on any atom is -0.379 e. The van der Waals surface area contributed by atoms with Crippen molar-refractivity contribution in [1.29, 1.82) is 0 Å². The zero-order chi connectivity index (χ0) is 23.1. The first kappa shape index (κ1) is 21.6. The van der Waals surface area contributed by atoms with Gasteiger partial charge < -0.3 is 10.1 Å². The molecule has 3 heterocycles. The molecule has 3 aromatic rings. The van der Waals surface area contributed by atoms with Gasteiger partial charge in [0.15, 0.2) is 0 Å². The topological polar surface area (TPSA) is 63.2 Å². The van der Waals surface area contributed by atoms with Crippen molar-refractivity contribution >= 4 is 5.82 Å². The molecule has 0 spiro atoms. The van der Waals surface area contributed by atoms with Gasteiger partial charge in [-0.3, -0.25) is 9.88 Å². The highest BCUT2D eigenvalue weighted by atomic mass is 19.1. The molecule has 2 fully saturated rings. The van der Waals surface area contributed by atoms with Crippen LogP contribution in [0.15, 0.2) is 36.9 Å². The molecule has 3 aliphatic rings. The third-order valence-electron chi connectivity index (χ3n) is 7.36. The maximum atomic E-state index is 14.9. The number of halogens is 2. The summed E-state index contributed by atoms with van der Waals surface area (Å²) in [5.74, 6) is -0.0764. The van der Waals surface area contributed by atoms with Gasteiger partial charge in [0.05, 0.1) is 25.1 Å². The van der Waals surface area contributed by atoms with Gasteiger partial charge in [0.2, 0.25) is 0 Å². The lowest BCUT2D eigenvalue weighted by Gasteiger charge is -2.39. The Bertz CT molecular complexity index is 1210. The molecule has 6 rings (SSSR count). The molecular formula is C26H27F2N5O. The molecule has 34 heavy (non-hydrogen) atoms. The van der Waals surface area contributed by atoms with E-state index in [1.165, 1.54) is 18.3 Å². The van der Waals surface area contributed by atoms with Crippen LogP contribution in [0.1, 0.15) is 36.9 Å². The third-order valence-corrected chi connectivity index (χ3v) is 7.36. The van der Waals surface area contributed by atoms with E-state index in [4.69, 9.17) is 4.74 Å². The molecule has 2 aromatic heterocycles. The van der Waals surface area contributed by atoms with E-state index in [0.717, 1.165) is 86.4 Å². The van der Waals surface area contributed by atoms with E-state index >= 15 is 0 Å². The van der Waals surface area contributed by atoms with E-state index < -0.39 is 5.82 Å². The lowest BCUT2D eigenvalue weighted by molar-refractivity contribution is 0.00791. The van der Waals surface area contributed by atoms with Gasteiger partial charge in [-0.2, -0.15) is 0 Å². The number of ether oxygens (including phenoxy) is 1. The molecule has 176 valence electrons. The number of hydrogen-bond acceptors (Lipinski definition) is 6. The van der Waals surface area contributed by atoms with E-state index in [9.17, 15) is 8.78 Å². The zero-order valence-corrected chi connectivity index (χ0v) is 18.9. The Kier molecular flexibility index (Phi) is 5.71. The monoisotopic (exact) mass is 463 g/mol. The van der Waals surface area contributed by atoms with E-state index in [1.54, 1.807) is 12.4 Å². The minimum atomic E-state index is -0.490. The molecule has 0 unspecified atom stereocenters. The second-order valence-corrected chi connectivity index (χ2v) is 9.40. The molecule has 0 radical (unpaired) electrons. The second kappa shape index (κ2) is 9.00. The first-order valence-electron chi connectivity index (χ1n) is 12.0. The molecule has 6 nitrogen and oxygen atoms in total. The van der Waals surface area contributed by atoms with Crippen LogP contribution in [-0.2, 0) is 11.2 Å². The largest absolute Gasteiger partial charge is 0.379 e. The highest BCUT2D eigenvalue weighted by Crippen LogP contribution is 2.43. The smallest absolute Gasteiger partial charge is 0.142 e. The number of pyridine rings is 1. The Balaban J connectivity index is 1.25. The molecule has 2 aliphatic carbocycles. The second-order valence-electron chi connectivity index (χ2n) is 9.40. The number of morpholine rings is 1. The summed E-state index contributed by atoms with van der Waals surface area (Å²) in [6, 6.07) is 5.60. The SMILES string of the molecule is Fc1cncc(-c2cc3c(cc2F)Cc2ncnc(NC4CCC(N5CCOCC5)CC4)c2-3)c1. The number of benzene rings is 1. The van der Waals surface area contributed by atoms with Gasteiger partial charge in [0.25, 0.3) is 0 Å². The summed E-state index contributed by atoms with van der Waals surface area (Å²) in [5.41, 5.74) is 4.35. The van der Waals surface area contributed by atoms with Crippen LogP contribution in [0.3, 0.4) is 0 Å². The first-order valence-corrected chi connectivity index (χ1v) is 12.0. The van der Waals surface area contributed by atoms with E-state index in [2.05, 4.69) is 25.2 Å². The van der Waals surface area contributed by atoms with Gasteiger partial charge in [-0.05, 0) is 55.0 Å². The van der Waals surface area contributed by atoms with Crippen molar-refractivity contribution in [1.82, 2.24) is 19.9 Å². The fourth-order valence-corrected chi connectivity index (χ4v) is 5.62. The zero-order valence-electron chi connectivity index (χ0n) is 18.9. The van der Waals surface area contributed by atoms with Crippen LogP contribution in [0.2, 0.25) is 0 Å². The van der Waals surface area contributed by atoms with Crippen LogP contribution in [0.25, 0.3) is 22.3 Å². The molecule has 0 amide bonds. The highest BCUT2D eigenvalue weighted by molar-refractivity contribution is 5.86. The number of nitrogens with one attached hydrogen (secondary N) is 1. The summed E-state index contributed by atoms with van der Waals surface area (Å²) in [7, 11) is 0. The average Bonchev–Trinajstić information content (AvgIpc) is 3.22. The molecule has 1 aromatic carbocycles. The fraction of sp³-hybridized carbons (Fsp3) is 0.423. The van der Waals surface area contributed by atoms with Crippen molar-refractivity contribution < 1.29 is 13.5 Å². The molecular weight excluding hydrogens is 436 g/mol. The number of fused-ring (bicyclic) bond motifs is 3. The number of hydrogen-bond donors (Lipinski definition) is 1. The standard InChI is InChI=1S/C26H27F2N5O/c27-18-9-17(13-29-14-18)21-12-22-16(10-23(21)28)11-24-25(22)26(31-15-30-24)32-19-1-3-20(4-2-19)33-5-7-34-8-6-33/h9-10,12-15,19-20H,1-8,11H2,(H,30,31,32). The van der Waals surface area contributed by atoms with Gasteiger partial charge in [0, 0.05) is 54.5 Å². The maximum absolute atomic E-state index is 14.9. The van der Waals surface area contributed by atoms with Crippen molar-refractivity contribution in [2.45, 2.75) is 44.2 Å². The Morgan fingerprint density at radius 3 is 2.56 bits per heavy atom. The number of rotatable bonds is 4. The van der Waals surface area contributed by atoms with Crippen LogP contribution in [0.5, 0.6) is 0 Å². The van der Waals surface area contributed by atoms with Gasteiger partial charge >= 0.3 is 0 Å². The molecule has 1 saturated heterocycles. The van der Waals surface area contributed by atoms with Crippen LogP contribution in [-0.4, -0.2) is 58.2 Å². The first-order chi connectivity index (χ1) is 16.7. The molecule has 1 aliphatic heterocycles. The van der Waals surface area contributed by atoms with Crippen molar-refractivity contribution in [3.63, 3.8) is 0 Å². The van der Waals surface area contributed by atoms with Gasteiger partial charge in [-0.1, -0.05) is 0 Å². The minimum absolute atomic E-state index is 0.333. The summed E-state index contributed by atoms with van der Waals surface area (Å²) in [5, 5.41) is 3.67. The predicted octanol–water partition coefficient (Wildman–Crippen LogP) is 4.44. The average molecular weight is 464 g/mol. The fourth-order valence-electron chi connectivity index (χ4n) is 5.62. The molecule has 1 N–H and O–H groups in total. The highest BCUT2D eigenvalue weighted by Gasteiger charge is 2.30. The number of aromatic nitrogens is 3. The number of anilines is 1. The Morgan fingerprint density at radius 2 is 1.76 bits per heavy atom. The van der Waals surface area contributed by atoms with E-state index in [1.807, 2.05) is 0 Å². The summed E-state index contributed by atoms with van der Waals surface area (Å²) < 4.78 is 34.2. The normalized spacial score (nSPS) is 22.3. The lowest BCUT2D eigenvalue weighted by atomic mass is 9.89. The summed E-state index contributed by atoms with van der Waals surface area (Å²) in [4.78, 5) is 15.5. The van der Waals surface area contributed by atoms with Gasteiger partial charge in [-0.25, -0.2) is 18.7 Å². The van der Waals surface area contributed by atoms with Crippen molar-refractivity contribution in [3.8, 4) is 22.3 Å². The third kappa shape index (κ3) is 4.05. The van der Waals surface area contributed by atoms with Crippen molar-refractivity contribution in [2.24, 2.45) is 0 Å². The number of nitrogens with zero attached hydrogens (tertiary/aromatic N) is 4. The summed E-state index contributed by atoms with van der Waals surface area (Å²) >= 11 is 0. The van der Waals surface area contributed by atoms with E-state index in [0.29, 0.717) is 29.6 Å². The Morgan fingerprint density at radius 1 is 0.941 bits per heavy atom. The lowest BCUT2D eigenvalue weighted by Crippen LogP contribution is -2.46. The Hall–Kier alpha value is -2.97. The summed E-state index contributed by atoms with van der Waals surface area (Å²) in [6.07, 6.45) is 9.22. The molecule has 0 atom stereocenters. The van der Waals surface area contributed by atoms with Crippen LogP contribution < -0.4 is 5.32 Å². The van der Waals surface area contributed by atoms with E-state index in [-0.39, 0.29) is 5.82 Å². The van der Waals surface area contributed by atoms with Crippen LogP contribution in [0.4, 0.5) is 14.6 Å². The van der Waals surface area contributed by atoms with Crippen LogP contribution in [0, 0.1) is 11.6 Å². The quantitative estimate of drug-likeness (QED) is 0.483. The maximum Gasteiger partial charge on any atom is 0.142 e. The van der Waals surface area contributed by atoms with Crippen molar-refractivity contribution in [2.75, 3.05) is 31.6 Å². The van der Waals surface area contributed by atoms with Gasteiger partial charge in [0.1, 0.15) is 23.8 Å². The van der Waals surface area contributed by atoms with Gasteiger partial charge in [-0.15, -0.1) is 0 Å².